The van der Waals surface area contributed by atoms with Gasteiger partial charge in [0.25, 0.3) is 5.91 Å². The Balaban J connectivity index is 2.24. The lowest BCUT2D eigenvalue weighted by molar-refractivity contribution is -0.141. The summed E-state index contributed by atoms with van der Waals surface area (Å²) < 4.78 is 126. The Kier molecular flexibility index (Phi) is 7.68. The van der Waals surface area contributed by atoms with Gasteiger partial charge in [0, 0.05) is 18.4 Å². The van der Waals surface area contributed by atoms with E-state index in [1.54, 1.807) is 0 Å². The van der Waals surface area contributed by atoms with Crippen LogP contribution in [0.3, 0.4) is 0 Å². The van der Waals surface area contributed by atoms with Crippen molar-refractivity contribution in [2.24, 2.45) is 0 Å². The number of rotatable bonds is 7. The second kappa shape index (κ2) is 9.41. The number of aromatic nitrogens is 1. The molecule has 0 radical (unpaired) electrons. The molecule has 2 rings (SSSR count). The molecular weight excluding hydrogens is 526 g/mol. The van der Waals surface area contributed by atoms with Crippen molar-refractivity contribution in [1.82, 2.24) is 10.3 Å². The van der Waals surface area contributed by atoms with Crippen molar-refractivity contribution >= 4 is 25.6 Å². The van der Waals surface area contributed by atoms with Crippen LogP contribution in [0, 0.1) is 0 Å². The molecule has 0 aliphatic carbocycles. The molecule has 1 N–H and O–H groups in total. The van der Waals surface area contributed by atoms with Crippen molar-refractivity contribution in [3.8, 4) is 0 Å². The zero-order valence-electron chi connectivity index (χ0n) is 18.5. The van der Waals surface area contributed by atoms with Crippen molar-refractivity contribution in [3.05, 3.63) is 53.2 Å². The van der Waals surface area contributed by atoms with Gasteiger partial charge < -0.3 is 5.32 Å². The summed E-state index contributed by atoms with van der Waals surface area (Å²) in [4.78, 5) is 14.8. The molecule has 35 heavy (non-hydrogen) atoms. The third-order valence-corrected chi connectivity index (χ3v) is 8.45. The van der Waals surface area contributed by atoms with E-state index in [0.29, 0.717) is 30.5 Å². The average Bonchev–Trinajstić information content (AvgIpc) is 2.71. The Hall–Kier alpha value is -2.68. The van der Waals surface area contributed by atoms with E-state index in [1.165, 1.54) is 13.8 Å². The van der Waals surface area contributed by atoms with Crippen LogP contribution < -0.4 is 5.32 Å². The number of hydrogen-bond acceptors (Lipinski definition) is 6. The van der Waals surface area contributed by atoms with Crippen LogP contribution in [-0.2, 0) is 32.0 Å². The Labute approximate surface area is 197 Å². The van der Waals surface area contributed by atoms with Crippen LogP contribution in [0.4, 0.5) is 26.3 Å². The summed E-state index contributed by atoms with van der Waals surface area (Å²) in [6.45, 7) is 2.03. The largest absolute Gasteiger partial charge is 0.433 e. The number of alkyl halides is 6. The van der Waals surface area contributed by atoms with Crippen LogP contribution in [0.5, 0.6) is 0 Å². The van der Waals surface area contributed by atoms with E-state index in [-0.39, 0.29) is 6.42 Å². The maximum absolute atomic E-state index is 13.1. The first-order valence-corrected chi connectivity index (χ1v) is 13.0. The highest BCUT2D eigenvalue weighted by Crippen LogP contribution is 2.34. The summed E-state index contributed by atoms with van der Waals surface area (Å²) in [6, 6.07) is 4.11. The summed E-state index contributed by atoms with van der Waals surface area (Å²) in [5.41, 5.74) is -3.45. The first-order chi connectivity index (χ1) is 15.7. The Morgan fingerprint density at radius 2 is 1.54 bits per heavy atom. The third-order valence-electron chi connectivity index (χ3n) is 4.95. The monoisotopic (exact) mass is 546 g/mol. The normalized spacial score (nSPS) is 13.5. The van der Waals surface area contributed by atoms with Crippen molar-refractivity contribution in [1.29, 1.82) is 0 Å². The molecule has 0 atom stereocenters. The van der Waals surface area contributed by atoms with Crippen molar-refractivity contribution < 1.29 is 48.0 Å². The number of nitrogens with zero attached hydrogens (tertiary/aromatic N) is 1. The van der Waals surface area contributed by atoms with Crippen LogP contribution in [-0.4, -0.2) is 45.3 Å². The molecule has 0 fully saturated rings. The number of carbonyl (C=O) groups excluding carboxylic acids is 1. The summed E-state index contributed by atoms with van der Waals surface area (Å²) in [6.07, 6.45) is -9.53. The van der Waals surface area contributed by atoms with E-state index in [0.717, 1.165) is 12.1 Å². The predicted octanol–water partition coefficient (Wildman–Crippen LogP) is 3.90. The minimum absolute atomic E-state index is 0.326. The number of amides is 1. The predicted molar refractivity (Wildman–Crippen MR) is 112 cm³/mol. The van der Waals surface area contributed by atoms with Crippen LogP contribution in [0.25, 0.3) is 0 Å². The van der Waals surface area contributed by atoms with Gasteiger partial charge in [0.1, 0.15) is 5.69 Å². The SMILES string of the molecule is CC(C)(CCNC(=O)c1cc(C(F)(F)F)nc(S(C)(=O)=O)c1)S(=O)(=O)c1cccc(C(F)(F)F)c1. The molecule has 2 aromatic rings. The molecule has 0 aliphatic heterocycles. The van der Waals surface area contributed by atoms with Gasteiger partial charge >= 0.3 is 12.4 Å². The van der Waals surface area contributed by atoms with Crippen LogP contribution in [0.15, 0.2) is 46.3 Å². The second-order valence-electron chi connectivity index (χ2n) is 8.14. The second-order valence-corrected chi connectivity index (χ2v) is 12.7. The molecule has 1 amide bonds. The minimum atomic E-state index is -5.04. The standard InChI is InChI=1S/C20H20F6N2O5S2/c1-18(2,35(32,33)14-6-4-5-13(11-14)19(21,22)23)7-8-27-17(29)12-9-15(20(24,25)26)28-16(10-12)34(3,30)31/h4-6,9-11H,7-8H2,1-3H3,(H,27,29). The van der Waals surface area contributed by atoms with Crippen molar-refractivity contribution in [3.63, 3.8) is 0 Å². The topological polar surface area (TPSA) is 110 Å². The maximum Gasteiger partial charge on any atom is 0.433 e. The summed E-state index contributed by atoms with van der Waals surface area (Å²) in [5, 5.41) is 1.22. The lowest BCUT2D eigenvalue weighted by atomic mass is 10.1. The van der Waals surface area contributed by atoms with Gasteiger partial charge in [-0.25, -0.2) is 21.8 Å². The van der Waals surface area contributed by atoms with Crippen molar-refractivity contribution in [2.45, 2.75) is 47.3 Å². The van der Waals surface area contributed by atoms with Gasteiger partial charge in [-0.2, -0.15) is 26.3 Å². The molecule has 0 saturated heterocycles. The Bertz CT molecular complexity index is 1330. The zero-order valence-corrected chi connectivity index (χ0v) is 20.1. The summed E-state index contributed by atoms with van der Waals surface area (Å²) in [5.74, 6) is -1.13. The van der Waals surface area contributed by atoms with E-state index >= 15 is 0 Å². The third kappa shape index (κ3) is 6.72. The highest BCUT2D eigenvalue weighted by atomic mass is 32.2. The van der Waals surface area contributed by atoms with Gasteiger partial charge in [-0.15, -0.1) is 0 Å². The van der Waals surface area contributed by atoms with E-state index in [4.69, 9.17) is 0 Å². The van der Waals surface area contributed by atoms with Gasteiger partial charge in [-0.05, 0) is 50.6 Å². The lowest BCUT2D eigenvalue weighted by Crippen LogP contribution is -2.37. The molecule has 7 nitrogen and oxygen atoms in total. The number of halogens is 6. The van der Waals surface area contributed by atoms with Crippen LogP contribution in [0.2, 0.25) is 0 Å². The molecule has 194 valence electrons. The molecule has 0 aliphatic rings. The molecule has 1 heterocycles. The van der Waals surface area contributed by atoms with Gasteiger partial charge in [-0.1, -0.05) is 6.07 Å². The molecule has 1 aromatic carbocycles. The Morgan fingerprint density at radius 3 is 2.06 bits per heavy atom. The number of hydrogen-bond donors (Lipinski definition) is 1. The first-order valence-electron chi connectivity index (χ1n) is 9.66. The minimum Gasteiger partial charge on any atom is -0.352 e. The van der Waals surface area contributed by atoms with Gasteiger partial charge in [0.15, 0.2) is 24.7 Å². The quantitative estimate of drug-likeness (QED) is 0.528. The lowest BCUT2D eigenvalue weighted by Gasteiger charge is -2.25. The number of carbonyl (C=O) groups is 1. The van der Waals surface area contributed by atoms with E-state index in [1.807, 2.05) is 0 Å². The first kappa shape index (κ1) is 28.6. The zero-order chi connectivity index (χ0) is 27.0. The molecule has 0 spiro atoms. The molecule has 0 bridgehead atoms. The van der Waals surface area contributed by atoms with Crippen molar-refractivity contribution in [2.75, 3.05) is 12.8 Å². The number of pyridine rings is 1. The fraction of sp³-hybridized carbons (Fsp3) is 0.400. The number of nitrogens with one attached hydrogen (secondary N) is 1. The number of benzene rings is 1. The smallest absolute Gasteiger partial charge is 0.352 e. The van der Waals surface area contributed by atoms with Gasteiger partial charge in [0.05, 0.1) is 15.2 Å². The van der Waals surface area contributed by atoms with E-state index in [9.17, 15) is 48.0 Å². The molecular formula is C20H20F6N2O5S2. The summed E-state index contributed by atoms with van der Waals surface area (Å²) in [7, 11) is -8.53. The maximum atomic E-state index is 13.1. The molecule has 0 saturated carbocycles. The van der Waals surface area contributed by atoms with E-state index in [2.05, 4.69) is 10.3 Å². The Morgan fingerprint density at radius 1 is 0.943 bits per heavy atom. The highest BCUT2D eigenvalue weighted by molar-refractivity contribution is 7.92. The molecule has 1 aromatic heterocycles. The van der Waals surface area contributed by atoms with Crippen LogP contribution in [0.1, 0.15) is 41.9 Å². The fourth-order valence-electron chi connectivity index (χ4n) is 2.84. The van der Waals surface area contributed by atoms with Gasteiger partial charge in [0.2, 0.25) is 0 Å². The molecule has 0 unspecified atom stereocenters. The highest BCUT2D eigenvalue weighted by Gasteiger charge is 2.38. The van der Waals surface area contributed by atoms with Crippen LogP contribution >= 0.6 is 0 Å². The molecule has 15 heteroatoms. The fourth-order valence-corrected chi connectivity index (χ4v) is 5.00. The average molecular weight is 547 g/mol. The number of sulfone groups is 2. The van der Waals surface area contributed by atoms with E-state index < -0.39 is 76.0 Å². The van der Waals surface area contributed by atoms with Gasteiger partial charge in [-0.3, -0.25) is 4.79 Å². The summed E-state index contributed by atoms with van der Waals surface area (Å²) >= 11 is 0.